The Kier molecular flexibility index (Phi) is 7.10. The fourth-order valence-corrected chi connectivity index (χ4v) is 2.99. The molecule has 0 unspecified atom stereocenters. The van der Waals surface area contributed by atoms with Crippen molar-refractivity contribution in [3.8, 4) is 11.3 Å². The summed E-state index contributed by atoms with van der Waals surface area (Å²) in [5.74, 6) is 0.311. The highest BCUT2D eigenvalue weighted by atomic mass is 16.2. The van der Waals surface area contributed by atoms with Crippen LogP contribution in [0.4, 0.5) is 11.5 Å². The highest BCUT2D eigenvalue weighted by Gasteiger charge is 2.13. The second-order valence-electron chi connectivity index (χ2n) is 6.69. The summed E-state index contributed by atoms with van der Waals surface area (Å²) in [4.78, 5) is 32.9. The number of nitrogens with zero attached hydrogens (tertiary/aromatic N) is 2. The van der Waals surface area contributed by atoms with E-state index in [2.05, 4.69) is 25.9 Å². The summed E-state index contributed by atoms with van der Waals surface area (Å²) in [5, 5.41) is 8.67. The standard InChI is InChI=1S/C23H25N5O2/c1-3-26-22-19(23(30)24-2)11-12-20(28-22)17-7-9-18(10-8-17)27-21(29)13-6-16-5-4-14-25-15-16/h4-5,7-12,14-15H,3,6,13H2,1-2H3,(H,24,30)(H,26,28)(H,27,29). The van der Waals surface area contributed by atoms with Gasteiger partial charge < -0.3 is 16.0 Å². The Morgan fingerprint density at radius 2 is 1.83 bits per heavy atom. The summed E-state index contributed by atoms with van der Waals surface area (Å²) in [6, 6.07) is 14.9. The van der Waals surface area contributed by atoms with Crippen LogP contribution in [0.15, 0.2) is 60.9 Å². The third-order valence-corrected chi connectivity index (χ3v) is 4.54. The summed E-state index contributed by atoms with van der Waals surface area (Å²) in [6.45, 7) is 2.61. The summed E-state index contributed by atoms with van der Waals surface area (Å²) in [5.41, 5.74) is 3.90. The fourth-order valence-electron chi connectivity index (χ4n) is 2.99. The number of carbonyl (C=O) groups is 2. The number of amides is 2. The normalized spacial score (nSPS) is 10.3. The van der Waals surface area contributed by atoms with Crippen LogP contribution in [0.25, 0.3) is 11.3 Å². The number of benzene rings is 1. The van der Waals surface area contributed by atoms with Crippen molar-refractivity contribution in [1.29, 1.82) is 0 Å². The van der Waals surface area contributed by atoms with E-state index in [9.17, 15) is 9.59 Å². The zero-order valence-corrected chi connectivity index (χ0v) is 17.1. The van der Waals surface area contributed by atoms with Crippen molar-refractivity contribution >= 4 is 23.3 Å². The Hall–Kier alpha value is -3.74. The Morgan fingerprint density at radius 3 is 2.50 bits per heavy atom. The minimum atomic E-state index is -0.186. The highest BCUT2D eigenvalue weighted by molar-refractivity contribution is 5.99. The molecule has 0 aliphatic carbocycles. The molecule has 0 fully saturated rings. The van der Waals surface area contributed by atoms with Crippen LogP contribution in [0.1, 0.15) is 29.3 Å². The molecule has 0 radical (unpaired) electrons. The molecule has 2 aromatic heterocycles. The quantitative estimate of drug-likeness (QED) is 0.535. The first-order valence-electron chi connectivity index (χ1n) is 9.87. The molecule has 0 saturated heterocycles. The minimum Gasteiger partial charge on any atom is -0.370 e. The Bertz CT molecular complexity index is 1000. The van der Waals surface area contributed by atoms with Gasteiger partial charge in [0.2, 0.25) is 5.91 Å². The Balaban J connectivity index is 1.67. The van der Waals surface area contributed by atoms with E-state index in [1.165, 1.54) is 0 Å². The number of nitrogens with one attached hydrogen (secondary N) is 3. The lowest BCUT2D eigenvalue weighted by Crippen LogP contribution is -2.20. The van der Waals surface area contributed by atoms with Gasteiger partial charge in [0.15, 0.2) is 0 Å². The molecule has 0 aliphatic heterocycles. The first kappa shape index (κ1) is 21.0. The number of anilines is 2. The second-order valence-corrected chi connectivity index (χ2v) is 6.69. The molecule has 2 heterocycles. The molecule has 30 heavy (non-hydrogen) atoms. The minimum absolute atomic E-state index is 0.0471. The smallest absolute Gasteiger partial charge is 0.254 e. The van der Waals surface area contributed by atoms with E-state index >= 15 is 0 Å². The first-order valence-corrected chi connectivity index (χ1v) is 9.87. The summed E-state index contributed by atoms with van der Waals surface area (Å²) in [7, 11) is 1.59. The maximum atomic E-state index is 12.2. The van der Waals surface area contributed by atoms with Crippen LogP contribution in [0.5, 0.6) is 0 Å². The van der Waals surface area contributed by atoms with E-state index in [1.54, 1.807) is 25.5 Å². The van der Waals surface area contributed by atoms with Gasteiger partial charge in [-0.2, -0.15) is 0 Å². The summed E-state index contributed by atoms with van der Waals surface area (Å²) in [6.07, 6.45) is 4.52. The van der Waals surface area contributed by atoms with Crippen molar-refractivity contribution in [2.75, 3.05) is 24.2 Å². The third kappa shape index (κ3) is 5.41. The highest BCUT2D eigenvalue weighted by Crippen LogP contribution is 2.23. The molecule has 0 bridgehead atoms. The number of aromatic nitrogens is 2. The molecule has 1 aromatic carbocycles. The third-order valence-electron chi connectivity index (χ3n) is 4.54. The number of hydrogen-bond donors (Lipinski definition) is 3. The average molecular weight is 403 g/mol. The zero-order chi connectivity index (χ0) is 21.3. The lowest BCUT2D eigenvalue weighted by Gasteiger charge is -2.11. The first-order chi connectivity index (χ1) is 14.6. The number of pyridine rings is 2. The molecule has 154 valence electrons. The van der Waals surface area contributed by atoms with Crippen LogP contribution in [0.3, 0.4) is 0 Å². The molecule has 0 atom stereocenters. The lowest BCUT2D eigenvalue weighted by atomic mass is 10.1. The molecule has 7 nitrogen and oxygen atoms in total. The van der Waals surface area contributed by atoms with Crippen molar-refractivity contribution in [2.24, 2.45) is 0 Å². The molecular formula is C23H25N5O2. The van der Waals surface area contributed by atoms with Gasteiger partial charge in [-0.1, -0.05) is 18.2 Å². The fraction of sp³-hybridized carbons (Fsp3) is 0.217. The van der Waals surface area contributed by atoms with E-state index in [-0.39, 0.29) is 11.8 Å². The van der Waals surface area contributed by atoms with E-state index in [4.69, 9.17) is 0 Å². The van der Waals surface area contributed by atoms with E-state index < -0.39 is 0 Å². The monoisotopic (exact) mass is 403 g/mol. The molecule has 0 aliphatic rings. The SMILES string of the molecule is CCNc1nc(-c2ccc(NC(=O)CCc3cccnc3)cc2)ccc1C(=O)NC. The van der Waals surface area contributed by atoms with Crippen molar-refractivity contribution in [3.05, 3.63) is 72.1 Å². The van der Waals surface area contributed by atoms with Crippen LogP contribution in [0, 0.1) is 0 Å². The molecule has 0 spiro atoms. The summed E-state index contributed by atoms with van der Waals surface area (Å²) >= 11 is 0. The average Bonchev–Trinajstić information content (AvgIpc) is 2.78. The van der Waals surface area contributed by atoms with Gasteiger partial charge in [0.25, 0.3) is 5.91 Å². The van der Waals surface area contributed by atoms with E-state index in [0.717, 1.165) is 22.5 Å². The molecule has 7 heteroatoms. The maximum absolute atomic E-state index is 12.2. The lowest BCUT2D eigenvalue weighted by molar-refractivity contribution is -0.116. The van der Waals surface area contributed by atoms with Crippen LogP contribution < -0.4 is 16.0 Å². The molecule has 3 rings (SSSR count). The molecule has 2 amide bonds. The Morgan fingerprint density at radius 1 is 1.03 bits per heavy atom. The summed E-state index contributed by atoms with van der Waals surface area (Å²) < 4.78 is 0. The van der Waals surface area contributed by atoms with Crippen molar-refractivity contribution in [3.63, 3.8) is 0 Å². The van der Waals surface area contributed by atoms with Gasteiger partial charge >= 0.3 is 0 Å². The molecule has 3 N–H and O–H groups in total. The van der Waals surface area contributed by atoms with Gasteiger partial charge in [-0.3, -0.25) is 14.6 Å². The topological polar surface area (TPSA) is 96.0 Å². The van der Waals surface area contributed by atoms with Crippen LogP contribution >= 0.6 is 0 Å². The number of rotatable bonds is 8. The second kappa shape index (κ2) is 10.2. The Labute approximate surface area is 176 Å². The van der Waals surface area contributed by atoms with Crippen molar-refractivity contribution in [1.82, 2.24) is 15.3 Å². The maximum Gasteiger partial charge on any atom is 0.254 e. The van der Waals surface area contributed by atoms with Crippen molar-refractivity contribution in [2.45, 2.75) is 19.8 Å². The van der Waals surface area contributed by atoms with Crippen molar-refractivity contribution < 1.29 is 9.59 Å². The van der Waals surface area contributed by atoms with Crippen LogP contribution in [-0.4, -0.2) is 35.4 Å². The van der Waals surface area contributed by atoms with Gasteiger partial charge in [-0.15, -0.1) is 0 Å². The number of aryl methyl sites for hydroxylation is 1. The van der Waals surface area contributed by atoms with E-state index in [1.807, 2.05) is 49.4 Å². The zero-order valence-electron chi connectivity index (χ0n) is 17.1. The predicted molar refractivity (Wildman–Crippen MR) is 118 cm³/mol. The van der Waals surface area contributed by atoms with Gasteiger partial charge in [0.05, 0.1) is 11.3 Å². The van der Waals surface area contributed by atoms with Crippen LogP contribution in [0.2, 0.25) is 0 Å². The number of carbonyl (C=O) groups excluding carboxylic acids is 2. The van der Waals surface area contributed by atoms with Gasteiger partial charge in [0, 0.05) is 43.7 Å². The molecule has 0 saturated carbocycles. The van der Waals surface area contributed by atoms with Gasteiger partial charge in [-0.25, -0.2) is 4.98 Å². The number of hydrogen-bond acceptors (Lipinski definition) is 5. The van der Waals surface area contributed by atoms with E-state index in [0.29, 0.717) is 30.8 Å². The molecule has 3 aromatic rings. The predicted octanol–water partition coefficient (Wildman–Crippen LogP) is 3.51. The van der Waals surface area contributed by atoms with Crippen LogP contribution in [-0.2, 0) is 11.2 Å². The molecular weight excluding hydrogens is 378 g/mol. The largest absolute Gasteiger partial charge is 0.370 e. The van der Waals surface area contributed by atoms with Gasteiger partial charge in [0.1, 0.15) is 5.82 Å². The van der Waals surface area contributed by atoms with Gasteiger partial charge in [-0.05, 0) is 49.2 Å².